The van der Waals surface area contributed by atoms with E-state index in [0.717, 1.165) is 5.00 Å². The Morgan fingerprint density at radius 3 is 2.46 bits per heavy atom. The summed E-state index contributed by atoms with van der Waals surface area (Å²) < 4.78 is 0.705. The van der Waals surface area contributed by atoms with Gasteiger partial charge in [-0.3, -0.25) is 0 Å². The average Bonchev–Trinajstić information content (AvgIpc) is 2.54. The Kier molecular flexibility index (Phi) is 3.99. The van der Waals surface area contributed by atoms with Crippen LogP contribution in [0.4, 0.5) is 5.00 Å². The van der Waals surface area contributed by atoms with E-state index in [9.17, 15) is 0 Å². The Morgan fingerprint density at radius 2 is 2.08 bits per heavy atom. The summed E-state index contributed by atoms with van der Waals surface area (Å²) in [5, 5.41) is 18.8. The van der Waals surface area contributed by atoms with Gasteiger partial charge < -0.3 is 15.1 Å². The van der Waals surface area contributed by atoms with Crippen molar-refractivity contribution in [3.8, 4) is 0 Å². The lowest BCUT2D eigenvalue weighted by atomic mass is 10.3. The van der Waals surface area contributed by atoms with Crippen molar-refractivity contribution in [2.75, 3.05) is 25.2 Å². The molecule has 3 nitrogen and oxygen atoms in total. The molecule has 1 aromatic rings. The van der Waals surface area contributed by atoms with Gasteiger partial charge in [0.25, 0.3) is 0 Å². The molecule has 0 spiro atoms. The van der Waals surface area contributed by atoms with Crippen LogP contribution < -0.4 is 4.90 Å². The summed E-state index contributed by atoms with van der Waals surface area (Å²) in [6.45, 7) is -0.134. The van der Waals surface area contributed by atoms with Gasteiger partial charge in [0.05, 0.1) is 28.6 Å². The Bertz CT molecular complexity index is 262. The van der Waals surface area contributed by atoms with Gasteiger partial charge in [0, 0.05) is 7.05 Å². The lowest BCUT2D eigenvalue weighted by Gasteiger charge is -2.24. The van der Waals surface area contributed by atoms with Crippen molar-refractivity contribution >= 4 is 27.9 Å². The molecule has 13 heavy (non-hydrogen) atoms. The van der Waals surface area contributed by atoms with E-state index in [1.54, 1.807) is 6.07 Å². The molecule has 0 saturated heterocycles. The number of nitrogens with zero attached hydrogens (tertiary/aromatic N) is 1. The number of hydrogen-bond donors (Lipinski definition) is 2. The third kappa shape index (κ3) is 2.57. The molecule has 0 atom stereocenters. The van der Waals surface area contributed by atoms with Crippen molar-refractivity contribution in [1.82, 2.24) is 0 Å². The molecule has 0 fully saturated rings. The number of aliphatic hydroxyl groups is 2. The van der Waals surface area contributed by atoms with Gasteiger partial charge in [-0.1, -0.05) is 11.6 Å². The first-order valence-electron chi connectivity index (χ1n) is 3.89. The van der Waals surface area contributed by atoms with Crippen LogP contribution in [-0.4, -0.2) is 36.5 Å². The molecule has 0 unspecified atom stereocenters. The molecule has 74 valence electrons. The molecule has 1 aromatic heterocycles. The molecule has 5 heteroatoms. The Balaban J connectivity index is 2.71. The zero-order chi connectivity index (χ0) is 9.84. The number of aliphatic hydroxyl groups excluding tert-OH is 2. The largest absolute Gasteiger partial charge is 0.394 e. The molecule has 0 aliphatic carbocycles. The second-order valence-electron chi connectivity index (χ2n) is 2.71. The summed E-state index contributed by atoms with van der Waals surface area (Å²) in [7, 11) is 1.82. The SMILES string of the molecule is CN(c1ccc(Cl)s1)C(CO)CO. The van der Waals surface area contributed by atoms with Gasteiger partial charge in [-0.15, -0.1) is 11.3 Å². The van der Waals surface area contributed by atoms with E-state index in [2.05, 4.69) is 0 Å². The highest BCUT2D eigenvalue weighted by Gasteiger charge is 2.14. The van der Waals surface area contributed by atoms with Crippen LogP contribution in [0.2, 0.25) is 4.34 Å². The molecule has 0 bridgehead atoms. The number of thiophene rings is 1. The molecule has 0 radical (unpaired) electrons. The van der Waals surface area contributed by atoms with Gasteiger partial charge in [0.2, 0.25) is 0 Å². The highest BCUT2D eigenvalue weighted by atomic mass is 35.5. The zero-order valence-corrected chi connectivity index (χ0v) is 8.85. The topological polar surface area (TPSA) is 43.7 Å². The van der Waals surface area contributed by atoms with Crippen LogP contribution in [0.15, 0.2) is 12.1 Å². The third-order valence-electron chi connectivity index (χ3n) is 1.88. The second kappa shape index (κ2) is 4.81. The van der Waals surface area contributed by atoms with Crippen LogP contribution in [-0.2, 0) is 0 Å². The summed E-state index contributed by atoms with van der Waals surface area (Å²) in [5.74, 6) is 0. The Hall–Kier alpha value is -0.290. The fourth-order valence-corrected chi connectivity index (χ4v) is 2.04. The van der Waals surface area contributed by atoms with Crippen LogP contribution in [0.3, 0.4) is 0 Å². The maximum atomic E-state index is 8.93. The zero-order valence-electron chi connectivity index (χ0n) is 7.27. The van der Waals surface area contributed by atoms with Crippen LogP contribution in [0.5, 0.6) is 0 Å². The van der Waals surface area contributed by atoms with Gasteiger partial charge in [0.1, 0.15) is 0 Å². The Labute approximate surface area is 86.2 Å². The van der Waals surface area contributed by atoms with Crippen LogP contribution >= 0.6 is 22.9 Å². The molecule has 0 saturated carbocycles. The third-order valence-corrected chi connectivity index (χ3v) is 3.20. The first kappa shape index (κ1) is 10.8. The van der Waals surface area contributed by atoms with E-state index >= 15 is 0 Å². The minimum atomic E-state index is -0.255. The molecule has 0 aliphatic heterocycles. The number of likely N-dealkylation sites (N-methyl/N-ethyl adjacent to an activating group) is 1. The van der Waals surface area contributed by atoms with Gasteiger partial charge in [-0.2, -0.15) is 0 Å². The smallest absolute Gasteiger partial charge is 0.0950 e. The van der Waals surface area contributed by atoms with Crippen molar-refractivity contribution < 1.29 is 10.2 Å². The van der Waals surface area contributed by atoms with Gasteiger partial charge in [0.15, 0.2) is 0 Å². The van der Waals surface area contributed by atoms with E-state index in [1.807, 2.05) is 18.0 Å². The molecule has 0 amide bonds. The maximum absolute atomic E-state index is 8.93. The van der Waals surface area contributed by atoms with E-state index in [4.69, 9.17) is 21.8 Å². The van der Waals surface area contributed by atoms with E-state index in [-0.39, 0.29) is 19.3 Å². The first-order chi connectivity index (χ1) is 6.19. The van der Waals surface area contributed by atoms with Crippen LogP contribution in [0.1, 0.15) is 0 Å². The van der Waals surface area contributed by atoms with Gasteiger partial charge in [-0.25, -0.2) is 0 Å². The summed E-state index contributed by atoms with van der Waals surface area (Å²) in [6, 6.07) is 3.41. The van der Waals surface area contributed by atoms with Crippen molar-refractivity contribution in [2.24, 2.45) is 0 Å². The number of rotatable bonds is 4. The highest BCUT2D eigenvalue weighted by molar-refractivity contribution is 7.19. The van der Waals surface area contributed by atoms with Gasteiger partial charge in [-0.05, 0) is 12.1 Å². The normalized spacial score (nSPS) is 10.8. The van der Waals surface area contributed by atoms with Crippen molar-refractivity contribution in [1.29, 1.82) is 0 Å². The van der Waals surface area contributed by atoms with Crippen molar-refractivity contribution in [2.45, 2.75) is 6.04 Å². The van der Waals surface area contributed by atoms with Crippen LogP contribution in [0, 0.1) is 0 Å². The quantitative estimate of drug-likeness (QED) is 0.803. The molecule has 2 N–H and O–H groups in total. The second-order valence-corrected chi connectivity index (χ2v) is 4.40. The first-order valence-corrected chi connectivity index (χ1v) is 5.08. The summed E-state index contributed by atoms with van der Waals surface area (Å²) in [5.41, 5.74) is 0. The highest BCUT2D eigenvalue weighted by Crippen LogP contribution is 2.29. The minimum Gasteiger partial charge on any atom is -0.394 e. The van der Waals surface area contributed by atoms with Crippen molar-refractivity contribution in [3.05, 3.63) is 16.5 Å². The lowest BCUT2D eigenvalue weighted by molar-refractivity contribution is 0.191. The monoisotopic (exact) mass is 221 g/mol. The molecular formula is C8H12ClNO2S. The fraction of sp³-hybridized carbons (Fsp3) is 0.500. The summed E-state index contributed by atoms with van der Waals surface area (Å²) in [6.07, 6.45) is 0. The lowest BCUT2D eigenvalue weighted by Crippen LogP contribution is -2.37. The van der Waals surface area contributed by atoms with Gasteiger partial charge >= 0.3 is 0 Å². The Morgan fingerprint density at radius 1 is 1.46 bits per heavy atom. The average molecular weight is 222 g/mol. The van der Waals surface area contributed by atoms with E-state index < -0.39 is 0 Å². The fourth-order valence-electron chi connectivity index (χ4n) is 0.977. The molecular weight excluding hydrogens is 210 g/mol. The minimum absolute atomic E-state index is 0.0669. The number of hydrogen-bond acceptors (Lipinski definition) is 4. The number of halogens is 1. The van der Waals surface area contributed by atoms with Crippen LogP contribution in [0.25, 0.3) is 0 Å². The predicted molar refractivity (Wildman–Crippen MR) is 55.7 cm³/mol. The maximum Gasteiger partial charge on any atom is 0.0950 e. The molecule has 0 aromatic carbocycles. The summed E-state index contributed by atoms with van der Waals surface area (Å²) >= 11 is 7.19. The van der Waals surface area contributed by atoms with Crippen molar-refractivity contribution in [3.63, 3.8) is 0 Å². The molecule has 0 aliphatic rings. The number of anilines is 1. The molecule has 1 heterocycles. The molecule has 1 rings (SSSR count). The van der Waals surface area contributed by atoms with E-state index in [0.29, 0.717) is 4.34 Å². The predicted octanol–water partition coefficient (Wildman–Crippen LogP) is 1.19. The summed E-state index contributed by atoms with van der Waals surface area (Å²) in [4.78, 5) is 1.82. The van der Waals surface area contributed by atoms with E-state index in [1.165, 1.54) is 11.3 Å². The standard InChI is InChI=1S/C8H12ClNO2S/c1-10(6(4-11)5-12)8-3-2-7(9)13-8/h2-3,6,11-12H,4-5H2,1H3.